The van der Waals surface area contributed by atoms with Crippen LogP contribution in [0.15, 0.2) is 42.5 Å². The van der Waals surface area contributed by atoms with Crippen LogP contribution in [0.4, 0.5) is 0 Å². The van der Waals surface area contributed by atoms with Crippen molar-refractivity contribution in [3.8, 4) is 45.5 Å². The lowest BCUT2D eigenvalue weighted by atomic mass is 10.0. The zero-order valence-corrected chi connectivity index (χ0v) is 17.9. The maximum atomic E-state index is 12.2. The third kappa shape index (κ3) is 3.53. The number of hydrogen-bond acceptors (Lipinski definition) is 7. The van der Waals surface area contributed by atoms with Crippen molar-refractivity contribution in [1.82, 2.24) is 15.2 Å². The summed E-state index contributed by atoms with van der Waals surface area (Å²) in [7, 11) is 6.13. The Bertz CT molecular complexity index is 1300. The van der Waals surface area contributed by atoms with Gasteiger partial charge in [0.15, 0.2) is 17.1 Å². The molecule has 0 aliphatic heterocycles. The fourth-order valence-electron chi connectivity index (χ4n) is 3.53. The summed E-state index contributed by atoms with van der Waals surface area (Å²) in [6, 6.07) is 12.1. The number of ether oxygens (including phenoxy) is 4. The van der Waals surface area contributed by atoms with Gasteiger partial charge in [-0.25, -0.2) is 9.78 Å². The van der Waals surface area contributed by atoms with Crippen LogP contribution < -0.4 is 18.9 Å². The molecule has 0 atom stereocenters. The smallest absolute Gasteiger partial charge is 0.336 e. The van der Waals surface area contributed by atoms with Gasteiger partial charge in [-0.2, -0.15) is 5.10 Å². The van der Waals surface area contributed by atoms with E-state index in [9.17, 15) is 9.90 Å². The zero-order chi connectivity index (χ0) is 22.8. The first-order valence-electron chi connectivity index (χ1n) is 9.58. The van der Waals surface area contributed by atoms with Crippen LogP contribution in [0.3, 0.4) is 0 Å². The van der Waals surface area contributed by atoms with E-state index in [4.69, 9.17) is 18.9 Å². The van der Waals surface area contributed by atoms with Crippen LogP contribution >= 0.6 is 0 Å². The zero-order valence-electron chi connectivity index (χ0n) is 17.9. The number of carboxylic acid groups (broad SMARTS) is 1. The molecule has 2 aromatic heterocycles. The standard InChI is InChI=1S/C23H21N3O6/c1-29-13-7-5-12(6-8-13)21-20-15(23(27)28)9-16(24-22(20)26-25-21)14-10-18(31-3)19(32-4)11-17(14)30-2/h5-11H,1-4H3,(H,27,28)(H,24,25,26). The van der Waals surface area contributed by atoms with E-state index in [2.05, 4.69) is 15.2 Å². The predicted octanol–water partition coefficient (Wildman–Crippen LogP) is 4.02. The number of rotatable bonds is 7. The van der Waals surface area contributed by atoms with Crippen LogP contribution in [0.25, 0.3) is 33.5 Å². The number of fused-ring (bicyclic) bond motifs is 1. The molecule has 0 bridgehead atoms. The van der Waals surface area contributed by atoms with Gasteiger partial charge in [-0.05, 0) is 36.4 Å². The molecule has 0 spiro atoms. The highest BCUT2D eigenvalue weighted by Gasteiger charge is 2.22. The van der Waals surface area contributed by atoms with Gasteiger partial charge in [0.2, 0.25) is 0 Å². The first-order valence-corrected chi connectivity index (χ1v) is 9.58. The monoisotopic (exact) mass is 435 g/mol. The highest BCUT2D eigenvalue weighted by atomic mass is 16.5. The number of H-pyrrole nitrogens is 1. The summed E-state index contributed by atoms with van der Waals surface area (Å²) < 4.78 is 21.4. The average Bonchev–Trinajstić information content (AvgIpc) is 3.26. The number of carbonyl (C=O) groups is 1. The van der Waals surface area contributed by atoms with Crippen LogP contribution in [-0.4, -0.2) is 54.7 Å². The molecule has 2 N–H and O–H groups in total. The minimum absolute atomic E-state index is 0.0569. The highest BCUT2D eigenvalue weighted by Crippen LogP contribution is 2.41. The highest BCUT2D eigenvalue weighted by molar-refractivity contribution is 6.08. The quantitative estimate of drug-likeness (QED) is 0.447. The number of aromatic carboxylic acids is 1. The van der Waals surface area contributed by atoms with Gasteiger partial charge in [0.25, 0.3) is 0 Å². The fraction of sp³-hybridized carbons (Fsp3) is 0.174. The van der Waals surface area contributed by atoms with E-state index in [0.717, 1.165) is 5.56 Å². The molecular formula is C23H21N3O6. The number of hydrogen-bond donors (Lipinski definition) is 2. The lowest BCUT2D eigenvalue weighted by Crippen LogP contribution is -2.01. The molecule has 0 aliphatic rings. The largest absolute Gasteiger partial charge is 0.497 e. The molecule has 0 amide bonds. The second kappa shape index (κ2) is 8.46. The maximum absolute atomic E-state index is 12.2. The van der Waals surface area contributed by atoms with Crippen molar-refractivity contribution >= 4 is 17.0 Å². The minimum atomic E-state index is -1.10. The molecule has 4 rings (SSSR count). The van der Waals surface area contributed by atoms with Crippen molar-refractivity contribution in [2.24, 2.45) is 0 Å². The summed E-state index contributed by atoms with van der Waals surface area (Å²) in [6.45, 7) is 0. The van der Waals surface area contributed by atoms with Crippen LogP contribution in [0.1, 0.15) is 10.4 Å². The Balaban J connectivity index is 1.94. The summed E-state index contributed by atoms with van der Waals surface area (Å²) in [4.78, 5) is 16.8. The van der Waals surface area contributed by atoms with E-state index >= 15 is 0 Å². The van der Waals surface area contributed by atoms with Crippen LogP contribution in [0, 0.1) is 0 Å². The van der Waals surface area contributed by atoms with Crippen molar-refractivity contribution < 1.29 is 28.8 Å². The molecule has 0 saturated heterocycles. The Hall–Kier alpha value is -4.27. The summed E-state index contributed by atoms with van der Waals surface area (Å²) in [5.41, 5.74) is 2.56. The molecule has 9 heteroatoms. The lowest BCUT2D eigenvalue weighted by Gasteiger charge is -2.14. The van der Waals surface area contributed by atoms with Gasteiger partial charge in [-0.15, -0.1) is 0 Å². The molecule has 0 unspecified atom stereocenters. The first-order chi connectivity index (χ1) is 15.5. The molecule has 0 aliphatic carbocycles. The number of nitrogens with zero attached hydrogens (tertiary/aromatic N) is 2. The van der Waals surface area contributed by atoms with Crippen molar-refractivity contribution in [3.05, 3.63) is 48.0 Å². The van der Waals surface area contributed by atoms with E-state index in [0.29, 0.717) is 45.3 Å². The van der Waals surface area contributed by atoms with Crippen LogP contribution in [-0.2, 0) is 0 Å². The molecule has 0 radical (unpaired) electrons. The van der Waals surface area contributed by atoms with E-state index in [1.54, 1.807) is 31.4 Å². The van der Waals surface area contributed by atoms with Crippen LogP contribution in [0.2, 0.25) is 0 Å². The third-order valence-electron chi connectivity index (χ3n) is 5.11. The summed E-state index contributed by atoms with van der Waals surface area (Å²) in [5.74, 6) is 0.986. The maximum Gasteiger partial charge on any atom is 0.336 e. The molecular weight excluding hydrogens is 414 g/mol. The lowest BCUT2D eigenvalue weighted by molar-refractivity contribution is 0.0699. The van der Waals surface area contributed by atoms with Crippen molar-refractivity contribution in [1.29, 1.82) is 0 Å². The Kier molecular flexibility index (Phi) is 5.55. The summed E-state index contributed by atoms with van der Waals surface area (Å²) in [6.07, 6.45) is 0. The van der Waals surface area contributed by atoms with Crippen LogP contribution in [0.5, 0.6) is 23.0 Å². The Morgan fingerprint density at radius 1 is 0.875 bits per heavy atom. The number of pyridine rings is 1. The molecule has 2 heterocycles. The topological polar surface area (TPSA) is 116 Å². The number of aromatic amines is 1. The van der Waals surface area contributed by atoms with Gasteiger partial charge < -0.3 is 24.1 Å². The predicted molar refractivity (Wildman–Crippen MR) is 118 cm³/mol. The van der Waals surface area contributed by atoms with Crippen molar-refractivity contribution in [2.45, 2.75) is 0 Å². The minimum Gasteiger partial charge on any atom is -0.497 e. The Labute approximate surface area is 183 Å². The van der Waals surface area contributed by atoms with Gasteiger partial charge in [-0.3, -0.25) is 5.10 Å². The molecule has 2 aromatic carbocycles. The normalized spacial score (nSPS) is 10.8. The second-order valence-electron chi connectivity index (χ2n) is 6.79. The van der Waals surface area contributed by atoms with Gasteiger partial charge in [0.1, 0.15) is 11.5 Å². The SMILES string of the molecule is COc1ccc(-c2[nH]nc3nc(-c4cc(OC)c(OC)cc4OC)cc(C(=O)O)c23)cc1. The average molecular weight is 435 g/mol. The molecule has 4 aromatic rings. The van der Waals surface area contributed by atoms with E-state index in [1.165, 1.54) is 27.4 Å². The molecule has 164 valence electrons. The number of aromatic nitrogens is 3. The molecule has 0 fully saturated rings. The van der Waals surface area contributed by atoms with Crippen molar-refractivity contribution in [2.75, 3.05) is 28.4 Å². The Morgan fingerprint density at radius 3 is 2.12 bits per heavy atom. The van der Waals surface area contributed by atoms with Gasteiger partial charge in [0, 0.05) is 17.2 Å². The van der Waals surface area contributed by atoms with Gasteiger partial charge >= 0.3 is 5.97 Å². The third-order valence-corrected chi connectivity index (χ3v) is 5.11. The number of carboxylic acids is 1. The van der Waals surface area contributed by atoms with Gasteiger partial charge in [-0.1, -0.05) is 0 Å². The number of benzene rings is 2. The van der Waals surface area contributed by atoms with E-state index in [-0.39, 0.29) is 11.2 Å². The number of nitrogens with one attached hydrogen (secondary N) is 1. The first kappa shape index (κ1) is 21.0. The van der Waals surface area contributed by atoms with Crippen molar-refractivity contribution in [3.63, 3.8) is 0 Å². The van der Waals surface area contributed by atoms with E-state index in [1.807, 2.05) is 12.1 Å². The summed E-state index contributed by atoms with van der Waals surface area (Å²) >= 11 is 0. The van der Waals surface area contributed by atoms with Gasteiger partial charge in [0.05, 0.1) is 50.8 Å². The molecule has 9 nitrogen and oxygen atoms in total. The number of methoxy groups -OCH3 is 4. The Morgan fingerprint density at radius 2 is 1.53 bits per heavy atom. The molecule has 32 heavy (non-hydrogen) atoms. The summed E-state index contributed by atoms with van der Waals surface area (Å²) in [5, 5.41) is 17.6. The molecule has 0 saturated carbocycles. The second-order valence-corrected chi connectivity index (χ2v) is 6.79. The fourth-order valence-corrected chi connectivity index (χ4v) is 3.53. The van der Waals surface area contributed by atoms with E-state index < -0.39 is 5.97 Å².